The first kappa shape index (κ1) is 17.9. The summed E-state index contributed by atoms with van der Waals surface area (Å²) in [4.78, 5) is 14.3. The molecule has 2 rings (SSSR count). The number of nitrogens with one attached hydrogen (secondary N) is 1. The van der Waals surface area contributed by atoms with Gasteiger partial charge < -0.3 is 15.0 Å². The minimum atomic E-state index is 0.0391. The van der Waals surface area contributed by atoms with Crippen LogP contribution in [0.5, 0.6) is 5.75 Å². The molecule has 2 aromatic carbocycles. The van der Waals surface area contributed by atoms with Crippen molar-refractivity contribution in [3.05, 3.63) is 54.6 Å². The summed E-state index contributed by atoms with van der Waals surface area (Å²) in [5.74, 6) is 1.33. The second-order valence-corrected chi connectivity index (χ2v) is 6.06. The Morgan fingerprint density at radius 1 is 1.12 bits per heavy atom. The third kappa shape index (κ3) is 5.30. The number of likely N-dealkylation sites (N-methyl/N-ethyl adjacent to an activating group) is 1. The maximum Gasteiger partial charge on any atom is 0.246 e. The van der Waals surface area contributed by atoms with Crippen LogP contribution in [-0.4, -0.2) is 25.6 Å². The molecule has 0 aromatic heterocycles. The summed E-state index contributed by atoms with van der Waals surface area (Å²) in [6.45, 7) is 7.77. The highest BCUT2D eigenvalue weighted by molar-refractivity contribution is 5.96. The average molecular weight is 326 g/mol. The monoisotopic (exact) mass is 326 g/mol. The third-order valence-corrected chi connectivity index (χ3v) is 3.55. The fourth-order valence-corrected chi connectivity index (χ4v) is 2.34. The zero-order chi connectivity index (χ0) is 17.4. The molecule has 0 atom stereocenters. The van der Waals surface area contributed by atoms with Crippen LogP contribution in [0.1, 0.15) is 20.8 Å². The van der Waals surface area contributed by atoms with Gasteiger partial charge >= 0.3 is 0 Å². The number of anilines is 2. The molecule has 24 heavy (non-hydrogen) atoms. The summed E-state index contributed by atoms with van der Waals surface area (Å²) >= 11 is 0. The Morgan fingerprint density at radius 2 is 1.88 bits per heavy atom. The molecular weight excluding hydrogens is 300 g/mol. The minimum Gasteiger partial charge on any atom is -0.493 e. The van der Waals surface area contributed by atoms with Crippen molar-refractivity contribution in [3.63, 3.8) is 0 Å². The molecule has 0 aliphatic rings. The number of amides is 1. The molecule has 0 fully saturated rings. The molecule has 0 unspecified atom stereocenters. The van der Waals surface area contributed by atoms with Crippen molar-refractivity contribution in [3.8, 4) is 5.75 Å². The summed E-state index contributed by atoms with van der Waals surface area (Å²) in [6.07, 6.45) is 0. The van der Waals surface area contributed by atoms with Crippen molar-refractivity contribution in [1.82, 2.24) is 0 Å². The van der Waals surface area contributed by atoms with Gasteiger partial charge in [0.1, 0.15) is 5.75 Å². The van der Waals surface area contributed by atoms with Crippen LogP contribution < -0.4 is 15.0 Å². The van der Waals surface area contributed by atoms with E-state index in [0.717, 1.165) is 17.1 Å². The molecule has 1 N–H and O–H groups in total. The molecule has 4 heteroatoms. The Labute approximate surface area is 144 Å². The second-order valence-electron chi connectivity index (χ2n) is 6.06. The Kier molecular flexibility index (Phi) is 6.67. The molecule has 0 saturated heterocycles. The van der Waals surface area contributed by atoms with Crippen LogP contribution in [0, 0.1) is 5.92 Å². The lowest BCUT2D eigenvalue weighted by Gasteiger charge is -2.21. The van der Waals surface area contributed by atoms with Crippen LogP contribution in [-0.2, 0) is 4.79 Å². The van der Waals surface area contributed by atoms with Gasteiger partial charge in [0.15, 0.2) is 0 Å². The molecule has 4 nitrogen and oxygen atoms in total. The van der Waals surface area contributed by atoms with E-state index in [1.165, 1.54) is 0 Å². The number of carbonyl (C=O) groups is 1. The maximum absolute atomic E-state index is 12.5. The van der Waals surface area contributed by atoms with E-state index < -0.39 is 0 Å². The number of hydrogen-bond acceptors (Lipinski definition) is 3. The number of ether oxygens (including phenoxy) is 1. The van der Waals surface area contributed by atoms with Gasteiger partial charge in [0.25, 0.3) is 0 Å². The maximum atomic E-state index is 12.5. The minimum absolute atomic E-state index is 0.0391. The molecule has 2 aromatic rings. The van der Waals surface area contributed by atoms with E-state index in [-0.39, 0.29) is 12.5 Å². The van der Waals surface area contributed by atoms with Crippen molar-refractivity contribution in [2.75, 3.05) is 29.9 Å². The molecule has 0 spiro atoms. The smallest absolute Gasteiger partial charge is 0.246 e. The largest absolute Gasteiger partial charge is 0.493 e. The Morgan fingerprint density at radius 3 is 2.54 bits per heavy atom. The summed E-state index contributed by atoms with van der Waals surface area (Å²) < 4.78 is 5.72. The van der Waals surface area contributed by atoms with E-state index in [2.05, 4.69) is 19.2 Å². The Hall–Kier alpha value is -2.49. The number of carbonyl (C=O) groups excluding carboxylic acids is 1. The lowest BCUT2D eigenvalue weighted by Crippen LogP contribution is -2.35. The lowest BCUT2D eigenvalue weighted by molar-refractivity contribution is -0.116. The second kappa shape index (κ2) is 8.96. The molecule has 0 heterocycles. The number of para-hydroxylation sites is 1. The summed E-state index contributed by atoms with van der Waals surface area (Å²) in [5, 5.41) is 3.19. The SMILES string of the molecule is CCN(C(=O)CNc1cccc(OCC(C)C)c1)c1ccccc1. The number of hydrogen-bond donors (Lipinski definition) is 1. The van der Waals surface area contributed by atoms with Crippen LogP contribution in [0.4, 0.5) is 11.4 Å². The van der Waals surface area contributed by atoms with Gasteiger partial charge in [-0.2, -0.15) is 0 Å². The first-order valence-corrected chi connectivity index (χ1v) is 8.42. The van der Waals surface area contributed by atoms with E-state index in [1.54, 1.807) is 4.90 Å². The molecular formula is C20H26N2O2. The first-order valence-electron chi connectivity index (χ1n) is 8.42. The molecule has 0 aliphatic carbocycles. The highest BCUT2D eigenvalue weighted by atomic mass is 16.5. The van der Waals surface area contributed by atoms with Crippen LogP contribution in [0.3, 0.4) is 0 Å². The lowest BCUT2D eigenvalue weighted by atomic mass is 10.2. The Bertz CT molecular complexity index is 641. The molecule has 1 amide bonds. The predicted molar refractivity (Wildman–Crippen MR) is 99.7 cm³/mol. The summed E-state index contributed by atoms with van der Waals surface area (Å²) in [5.41, 5.74) is 1.80. The van der Waals surface area contributed by atoms with Crippen LogP contribution in [0.25, 0.3) is 0 Å². The van der Waals surface area contributed by atoms with Gasteiger partial charge in [0.2, 0.25) is 5.91 Å². The van der Waals surface area contributed by atoms with Crippen molar-refractivity contribution in [2.24, 2.45) is 5.92 Å². The highest BCUT2D eigenvalue weighted by Gasteiger charge is 2.13. The van der Waals surface area contributed by atoms with Gasteiger partial charge in [-0.05, 0) is 37.1 Å². The Balaban J connectivity index is 1.94. The normalized spacial score (nSPS) is 10.5. The van der Waals surface area contributed by atoms with E-state index in [9.17, 15) is 4.79 Å². The fourth-order valence-electron chi connectivity index (χ4n) is 2.34. The van der Waals surface area contributed by atoms with E-state index in [0.29, 0.717) is 19.1 Å². The molecule has 0 radical (unpaired) electrons. The average Bonchev–Trinajstić information content (AvgIpc) is 2.60. The standard InChI is InChI=1S/C20H26N2O2/c1-4-22(18-10-6-5-7-11-18)20(23)14-21-17-9-8-12-19(13-17)24-15-16(2)3/h5-13,16,21H,4,14-15H2,1-3H3. The molecule has 0 aliphatic heterocycles. The first-order chi connectivity index (χ1) is 11.6. The van der Waals surface area contributed by atoms with Gasteiger partial charge in [-0.15, -0.1) is 0 Å². The predicted octanol–water partition coefficient (Wildman–Crippen LogP) is 4.19. The van der Waals surface area contributed by atoms with Crippen LogP contribution in [0.15, 0.2) is 54.6 Å². The molecule has 0 saturated carbocycles. The van der Waals surface area contributed by atoms with Crippen molar-refractivity contribution in [2.45, 2.75) is 20.8 Å². The highest BCUT2D eigenvalue weighted by Crippen LogP contribution is 2.18. The van der Waals surface area contributed by atoms with Crippen molar-refractivity contribution < 1.29 is 9.53 Å². The number of nitrogens with zero attached hydrogens (tertiary/aromatic N) is 1. The van der Waals surface area contributed by atoms with Crippen LogP contribution >= 0.6 is 0 Å². The number of benzene rings is 2. The van der Waals surface area contributed by atoms with Gasteiger partial charge in [0.05, 0.1) is 13.2 Å². The van der Waals surface area contributed by atoms with Crippen molar-refractivity contribution in [1.29, 1.82) is 0 Å². The van der Waals surface area contributed by atoms with E-state index >= 15 is 0 Å². The third-order valence-electron chi connectivity index (χ3n) is 3.55. The quantitative estimate of drug-likeness (QED) is 0.791. The van der Waals surface area contributed by atoms with Gasteiger partial charge in [-0.25, -0.2) is 0 Å². The number of rotatable bonds is 8. The van der Waals surface area contributed by atoms with Crippen molar-refractivity contribution >= 4 is 17.3 Å². The topological polar surface area (TPSA) is 41.6 Å². The summed E-state index contributed by atoms with van der Waals surface area (Å²) in [7, 11) is 0. The van der Waals surface area contributed by atoms with Gasteiger partial charge in [0, 0.05) is 24.0 Å². The fraction of sp³-hybridized carbons (Fsp3) is 0.350. The van der Waals surface area contributed by atoms with Gasteiger partial charge in [-0.1, -0.05) is 38.1 Å². The van der Waals surface area contributed by atoms with Crippen LogP contribution in [0.2, 0.25) is 0 Å². The van der Waals surface area contributed by atoms with Gasteiger partial charge in [-0.3, -0.25) is 4.79 Å². The zero-order valence-electron chi connectivity index (χ0n) is 14.7. The molecule has 0 bridgehead atoms. The zero-order valence-corrected chi connectivity index (χ0v) is 14.7. The van der Waals surface area contributed by atoms with E-state index in [4.69, 9.17) is 4.74 Å². The van der Waals surface area contributed by atoms with E-state index in [1.807, 2.05) is 61.5 Å². The molecule has 128 valence electrons. The summed E-state index contributed by atoms with van der Waals surface area (Å²) in [6, 6.07) is 17.4.